The molecule has 0 amide bonds. The van der Waals surface area contributed by atoms with Crippen LogP contribution in [0, 0.1) is 6.92 Å². The van der Waals surface area contributed by atoms with Crippen molar-refractivity contribution < 1.29 is 14.9 Å². The summed E-state index contributed by atoms with van der Waals surface area (Å²) in [7, 11) is 0. The molecule has 1 aliphatic heterocycles. The molecular weight excluding hydrogens is 266 g/mol. The number of nitrogens with zero attached hydrogens (tertiary/aromatic N) is 1. The van der Waals surface area contributed by atoms with Gasteiger partial charge in [-0.05, 0) is 51.8 Å². The Labute approximate surface area is 127 Å². The Morgan fingerprint density at radius 2 is 2.10 bits per heavy atom. The van der Waals surface area contributed by atoms with Crippen LogP contribution in [0.4, 0.5) is 0 Å². The van der Waals surface area contributed by atoms with Crippen LogP contribution in [0.2, 0.25) is 0 Å². The molecule has 2 N–H and O–H groups in total. The molecule has 0 aliphatic carbocycles. The van der Waals surface area contributed by atoms with E-state index < -0.39 is 11.7 Å². The molecule has 0 saturated carbocycles. The Balaban J connectivity index is 1.84. The number of aliphatic hydroxyl groups excluding tert-OH is 1. The van der Waals surface area contributed by atoms with Gasteiger partial charge in [-0.15, -0.1) is 0 Å². The van der Waals surface area contributed by atoms with Gasteiger partial charge in [0.15, 0.2) is 0 Å². The second kappa shape index (κ2) is 6.77. The van der Waals surface area contributed by atoms with Crippen LogP contribution in [0.25, 0.3) is 0 Å². The third kappa shape index (κ3) is 4.43. The summed E-state index contributed by atoms with van der Waals surface area (Å²) in [5.74, 6) is 0.817. The monoisotopic (exact) mass is 293 g/mol. The van der Waals surface area contributed by atoms with E-state index in [0.29, 0.717) is 6.54 Å². The number of benzene rings is 1. The topological polar surface area (TPSA) is 52.9 Å². The number of aliphatic hydroxyl groups is 2. The Morgan fingerprint density at radius 3 is 2.76 bits per heavy atom. The summed E-state index contributed by atoms with van der Waals surface area (Å²) in [5, 5.41) is 20.4. The summed E-state index contributed by atoms with van der Waals surface area (Å²) in [6, 6.07) is 7.92. The van der Waals surface area contributed by atoms with E-state index >= 15 is 0 Å². The highest BCUT2D eigenvalue weighted by molar-refractivity contribution is 5.31. The van der Waals surface area contributed by atoms with Crippen LogP contribution in [0.5, 0.6) is 5.75 Å². The zero-order valence-electron chi connectivity index (χ0n) is 13.2. The fourth-order valence-corrected chi connectivity index (χ4v) is 3.07. The summed E-state index contributed by atoms with van der Waals surface area (Å²) in [6.07, 6.45) is 1.50. The highest BCUT2D eigenvalue weighted by atomic mass is 16.5. The molecule has 1 saturated heterocycles. The maximum absolute atomic E-state index is 10.2. The smallest absolute Gasteiger partial charge is 0.122 e. The highest BCUT2D eigenvalue weighted by Crippen LogP contribution is 2.26. The van der Waals surface area contributed by atoms with Crippen LogP contribution in [0.15, 0.2) is 24.3 Å². The minimum atomic E-state index is -0.729. The van der Waals surface area contributed by atoms with Crippen molar-refractivity contribution >= 4 is 0 Å². The normalized spacial score (nSPS) is 21.5. The van der Waals surface area contributed by atoms with Crippen molar-refractivity contribution in [2.45, 2.75) is 51.4 Å². The number of hydrogen-bond donors (Lipinski definition) is 2. The van der Waals surface area contributed by atoms with E-state index in [2.05, 4.69) is 4.90 Å². The Kier molecular flexibility index (Phi) is 5.25. The number of aryl methyl sites for hydroxylation is 1. The van der Waals surface area contributed by atoms with Gasteiger partial charge in [0, 0.05) is 12.6 Å². The van der Waals surface area contributed by atoms with Crippen molar-refractivity contribution in [2.24, 2.45) is 0 Å². The predicted molar refractivity (Wildman–Crippen MR) is 83.6 cm³/mol. The van der Waals surface area contributed by atoms with E-state index in [1.807, 2.05) is 45.0 Å². The van der Waals surface area contributed by atoms with Gasteiger partial charge in [-0.1, -0.05) is 18.2 Å². The summed E-state index contributed by atoms with van der Waals surface area (Å²) in [6.45, 7) is 7.42. The van der Waals surface area contributed by atoms with Crippen LogP contribution < -0.4 is 4.74 Å². The van der Waals surface area contributed by atoms with Crippen molar-refractivity contribution in [3.05, 3.63) is 29.8 Å². The van der Waals surface area contributed by atoms with Gasteiger partial charge >= 0.3 is 0 Å². The van der Waals surface area contributed by atoms with Crippen molar-refractivity contribution in [3.8, 4) is 5.75 Å². The van der Waals surface area contributed by atoms with Gasteiger partial charge in [0.05, 0.1) is 5.60 Å². The van der Waals surface area contributed by atoms with Crippen LogP contribution in [0.1, 0.15) is 32.3 Å². The van der Waals surface area contributed by atoms with Gasteiger partial charge < -0.3 is 14.9 Å². The second-order valence-electron chi connectivity index (χ2n) is 6.54. The number of likely N-dealkylation sites (tertiary alicyclic amines) is 1. The zero-order valence-corrected chi connectivity index (χ0v) is 13.2. The molecule has 0 bridgehead atoms. The summed E-state index contributed by atoms with van der Waals surface area (Å²) in [5.41, 5.74) is 0.341. The first-order valence-electron chi connectivity index (χ1n) is 7.71. The third-order valence-electron chi connectivity index (χ3n) is 4.15. The molecule has 21 heavy (non-hydrogen) atoms. The highest BCUT2D eigenvalue weighted by Gasteiger charge is 2.36. The first-order valence-corrected chi connectivity index (χ1v) is 7.71. The molecular formula is C17H27NO3. The lowest BCUT2D eigenvalue weighted by atomic mass is 9.96. The zero-order chi connectivity index (χ0) is 15.5. The molecule has 1 heterocycles. The van der Waals surface area contributed by atoms with Gasteiger partial charge in [0.2, 0.25) is 0 Å². The van der Waals surface area contributed by atoms with Gasteiger partial charge in [-0.25, -0.2) is 0 Å². The SMILES string of the molecule is Cc1ccccc1OCC(O)CN1CCCC1C(C)(C)O. The minimum absolute atomic E-state index is 0.116. The maximum atomic E-state index is 10.2. The molecule has 0 aromatic heterocycles. The number of ether oxygens (including phenoxy) is 1. The Hall–Kier alpha value is -1.10. The van der Waals surface area contributed by atoms with E-state index in [1.165, 1.54) is 0 Å². The maximum Gasteiger partial charge on any atom is 0.122 e. The van der Waals surface area contributed by atoms with Gasteiger partial charge in [0.1, 0.15) is 18.5 Å². The fourth-order valence-electron chi connectivity index (χ4n) is 3.07. The molecule has 4 heteroatoms. The van der Waals surface area contributed by atoms with E-state index in [9.17, 15) is 10.2 Å². The quantitative estimate of drug-likeness (QED) is 0.842. The first-order chi connectivity index (χ1) is 9.88. The molecule has 1 aliphatic rings. The van der Waals surface area contributed by atoms with E-state index in [-0.39, 0.29) is 12.6 Å². The predicted octanol–water partition coefficient (Wildman–Crippen LogP) is 1.97. The average molecular weight is 293 g/mol. The van der Waals surface area contributed by atoms with Crippen LogP contribution in [-0.4, -0.2) is 52.6 Å². The molecule has 2 unspecified atom stereocenters. The number of hydrogen-bond acceptors (Lipinski definition) is 4. The lowest BCUT2D eigenvalue weighted by Crippen LogP contribution is -2.48. The van der Waals surface area contributed by atoms with Gasteiger partial charge in [-0.2, -0.15) is 0 Å². The minimum Gasteiger partial charge on any atom is -0.491 e. The average Bonchev–Trinajstić information content (AvgIpc) is 2.86. The van der Waals surface area contributed by atoms with Crippen LogP contribution in [-0.2, 0) is 0 Å². The Morgan fingerprint density at radius 1 is 1.38 bits per heavy atom. The number of para-hydroxylation sites is 1. The van der Waals surface area contributed by atoms with Crippen molar-refractivity contribution in [1.82, 2.24) is 4.90 Å². The molecule has 118 valence electrons. The lowest BCUT2D eigenvalue weighted by molar-refractivity contribution is -0.0210. The molecule has 1 fully saturated rings. The first kappa shape index (κ1) is 16.3. The molecule has 0 radical (unpaired) electrons. The van der Waals surface area contributed by atoms with Gasteiger partial charge in [0.25, 0.3) is 0 Å². The largest absolute Gasteiger partial charge is 0.491 e. The molecule has 4 nitrogen and oxygen atoms in total. The molecule has 2 rings (SSSR count). The third-order valence-corrected chi connectivity index (χ3v) is 4.15. The number of rotatable bonds is 6. The van der Waals surface area contributed by atoms with E-state index in [1.54, 1.807) is 0 Å². The van der Waals surface area contributed by atoms with Crippen LogP contribution >= 0.6 is 0 Å². The van der Waals surface area contributed by atoms with E-state index in [4.69, 9.17) is 4.74 Å². The molecule has 0 spiro atoms. The molecule has 1 aromatic carbocycles. The summed E-state index contributed by atoms with van der Waals surface area (Å²) < 4.78 is 5.69. The van der Waals surface area contributed by atoms with Crippen molar-refractivity contribution in [3.63, 3.8) is 0 Å². The van der Waals surface area contributed by atoms with Crippen molar-refractivity contribution in [2.75, 3.05) is 19.7 Å². The number of β-amino-alcohol motifs (C(OH)–C–C–N with tert-alkyl or cyclic N) is 1. The Bertz CT molecular complexity index is 456. The summed E-state index contributed by atoms with van der Waals surface area (Å²) in [4.78, 5) is 2.17. The molecule has 1 aromatic rings. The van der Waals surface area contributed by atoms with Gasteiger partial charge in [-0.3, -0.25) is 4.90 Å². The van der Waals surface area contributed by atoms with E-state index in [0.717, 1.165) is 30.7 Å². The second-order valence-corrected chi connectivity index (χ2v) is 6.54. The fraction of sp³-hybridized carbons (Fsp3) is 0.647. The van der Waals surface area contributed by atoms with Crippen molar-refractivity contribution in [1.29, 1.82) is 0 Å². The summed E-state index contributed by atoms with van der Waals surface area (Å²) >= 11 is 0. The van der Waals surface area contributed by atoms with Crippen LogP contribution in [0.3, 0.4) is 0 Å². The lowest BCUT2D eigenvalue weighted by Gasteiger charge is -2.34. The molecule has 2 atom stereocenters. The standard InChI is InChI=1S/C17H27NO3/c1-13-7-4-5-8-15(13)21-12-14(19)11-18-10-6-9-16(18)17(2,3)20/h4-5,7-8,14,16,19-20H,6,9-12H2,1-3H3.